The molecular weight excluding hydrogens is 252 g/mol. The number of esters is 4. The van der Waals surface area contributed by atoms with Gasteiger partial charge in [-0.3, -0.25) is 9.59 Å². The van der Waals surface area contributed by atoms with Crippen molar-refractivity contribution in [2.45, 2.75) is 6.42 Å². The van der Waals surface area contributed by atoms with Crippen LogP contribution in [-0.4, -0.2) is 23.9 Å². The van der Waals surface area contributed by atoms with Gasteiger partial charge in [0.2, 0.25) is 0 Å². The van der Waals surface area contributed by atoms with Gasteiger partial charge < -0.3 is 9.47 Å². The van der Waals surface area contributed by atoms with Crippen molar-refractivity contribution in [3.63, 3.8) is 0 Å². The zero-order chi connectivity index (χ0) is 13.6. The Balaban J connectivity index is 0.000000136. The molecule has 2 aliphatic carbocycles. The van der Waals surface area contributed by atoms with Crippen molar-refractivity contribution in [1.29, 1.82) is 0 Å². The molecule has 0 aromatic carbocycles. The maximum Gasteiger partial charge on any atom is 0.338 e. The van der Waals surface area contributed by atoms with Gasteiger partial charge in [-0.05, 0) is 18.3 Å². The number of hydrogen-bond donors (Lipinski definition) is 0. The highest BCUT2D eigenvalue weighted by Gasteiger charge is 2.57. The van der Waals surface area contributed by atoms with Gasteiger partial charge in [-0.15, -0.1) is 0 Å². The molecule has 0 aromatic heterocycles. The van der Waals surface area contributed by atoms with E-state index in [1.54, 1.807) is 0 Å². The Hall–Kier alpha value is -2.24. The van der Waals surface area contributed by atoms with Crippen LogP contribution in [0.15, 0.2) is 24.3 Å². The number of rotatable bonds is 0. The third-order valence-electron chi connectivity index (χ3n) is 3.76. The van der Waals surface area contributed by atoms with E-state index in [9.17, 15) is 19.2 Å². The molecule has 2 aliphatic heterocycles. The smallest absolute Gasteiger partial charge is 0.338 e. The summed E-state index contributed by atoms with van der Waals surface area (Å²) < 4.78 is 8.56. The molecule has 1 saturated heterocycles. The highest BCUT2D eigenvalue weighted by molar-refractivity contribution is 6.04. The standard InChI is InChI=1S/C9H8O3.C4H2O3/c10-8-6-4-1-2-5(3-4)7(6)9(11)12-8;5-3-1-2-4(6)7-3/h1-2,4-7H,3H2;1-2H. The normalized spacial score (nSPS) is 37.1. The number of cyclic esters (lactones) is 4. The largest absolute Gasteiger partial charge is 0.393 e. The lowest BCUT2D eigenvalue weighted by atomic mass is 9.85. The first-order chi connectivity index (χ1) is 9.06. The Morgan fingerprint density at radius 2 is 1.26 bits per heavy atom. The molecule has 0 aromatic rings. The predicted octanol–water partition coefficient (Wildman–Crippen LogP) is 0.134. The number of fused-ring (bicyclic) bond motifs is 5. The quantitative estimate of drug-likeness (QED) is 0.350. The highest BCUT2D eigenvalue weighted by Crippen LogP contribution is 2.51. The van der Waals surface area contributed by atoms with Crippen molar-refractivity contribution in [1.82, 2.24) is 0 Å². The Kier molecular flexibility index (Phi) is 2.58. The van der Waals surface area contributed by atoms with Gasteiger partial charge >= 0.3 is 23.9 Å². The van der Waals surface area contributed by atoms with E-state index in [-0.39, 0.29) is 35.6 Å². The average Bonchev–Trinajstić information content (AvgIpc) is 3.07. The molecule has 0 N–H and O–H groups in total. The molecule has 2 bridgehead atoms. The number of ether oxygens (including phenoxy) is 2. The summed E-state index contributed by atoms with van der Waals surface area (Å²) in [5.74, 6) is -1.50. The van der Waals surface area contributed by atoms with Gasteiger partial charge in [-0.2, -0.15) is 0 Å². The number of allylic oxidation sites excluding steroid dienone is 2. The summed E-state index contributed by atoms with van der Waals surface area (Å²) in [6.07, 6.45) is 7.23. The van der Waals surface area contributed by atoms with Crippen LogP contribution in [0.5, 0.6) is 0 Å². The summed E-state index contributed by atoms with van der Waals surface area (Å²) in [4.78, 5) is 42.2. The van der Waals surface area contributed by atoms with E-state index in [4.69, 9.17) is 0 Å². The van der Waals surface area contributed by atoms with Crippen molar-refractivity contribution in [2.24, 2.45) is 23.7 Å². The minimum atomic E-state index is -0.579. The van der Waals surface area contributed by atoms with Crippen LogP contribution in [0.2, 0.25) is 0 Å². The van der Waals surface area contributed by atoms with Crippen LogP contribution < -0.4 is 0 Å². The SMILES string of the molecule is O=C1C=CC(=O)O1.O=C1OC(=O)C2C3C=CC(C3)C12. The van der Waals surface area contributed by atoms with Gasteiger partial charge in [0.15, 0.2) is 0 Å². The molecule has 4 aliphatic rings. The number of carbonyl (C=O) groups is 4. The van der Waals surface area contributed by atoms with Crippen LogP contribution >= 0.6 is 0 Å². The molecule has 4 rings (SSSR count). The van der Waals surface area contributed by atoms with Crippen molar-refractivity contribution in [2.75, 3.05) is 0 Å². The minimum absolute atomic E-state index is 0.146. The molecule has 0 amide bonds. The molecule has 98 valence electrons. The summed E-state index contributed by atoms with van der Waals surface area (Å²) >= 11 is 0. The maximum absolute atomic E-state index is 11.2. The van der Waals surface area contributed by atoms with E-state index in [1.807, 2.05) is 12.2 Å². The molecule has 4 unspecified atom stereocenters. The molecule has 1 saturated carbocycles. The van der Waals surface area contributed by atoms with Gasteiger partial charge in [-0.1, -0.05) is 12.2 Å². The third-order valence-corrected chi connectivity index (χ3v) is 3.76. The molecule has 6 nitrogen and oxygen atoms in total. The number of hydrogen-bond acceptors (Lipinski definition) is 6. The van der Waals surface area contributed by atoms with E-state index < -0.39 is 11.9 Å². The molecule has 2 fully saturated rings. The third kappa shape index (κ3) is 1.89. The Bertz CT molecular complexity index is 499. The van der Waals surface area contributed by atoms with Crippen molar-refractivity contribution >= 4 is 23.9 Å². The van der Waals surface area contributed by atoms with E-state index >= 15 is 0 Å². The maximum atomic E-state index is 11.2. The molecule has 0 radical (unpaired) electrons. The van der Waals surface area contributed by atoms with Crippen molar-refractivity contribution < 1.29 is 28.7 Å². The van der Waals surface area contributed by atoms with Crippen LogP contribution in [0.4, 0.5) is 0 Å². The molecular formula is C13H10O6. The highest BCUT2D eigenvalue weighted by atomic mass is 16.6. The molecule has 19 heavy (non-hydrogen) atoms. The predicted molar refractivity (Wildman–Crippen MR) is 59.1 cm³/mol. The molecule has 0 spiro atoms. The lowest BCUT2D eigenvalue weighted by molar-refractivity contribution is -0.155. The first-order valence-electron chi connectivity index (χ1n) is 5.94. The zero-order valence-electron chi connectivity index (χ0n) is 9.78. The summed E-state index contributed by atoms with van der Waals surface area (Å²) in [6, 6.07) is 0. The lowest BCUT2D eigenvalue weighted by Crippen LogP contribution is -2.21. The topological polar surface area (TPSA) is 86.7 Å². The molecule has 4 atom stereocenters. The zero-order valence-corrected chi connectivity index (χ0v) is 9.78. The van der Waals surface area contributed by atoms with Crippen molar-refractivity contribution in [3.8, 4) is 0 Å². The molecule has 6 heteroatoms. The first kappa shape index (κ1) is 11.8. The summed E-state index contributed by atoms with van der Waals surface area (Å²) in [7, 11) is 0. The van der Waals surface area contributed by atoms with Gasteiger partial charge in [-0.25, -0.2) is 9.59 Å². The Morgan fingerprint density at radius 3 is 1.63 bits per heavy atom. The lowest BCUT2D eigenvalue weighted by Gasteiger charge is -2.12. The molecule has 2 heterocycles. The van der Waals surface area contributed by atoms with Gasteiger partial charge in [0, 0.05) is 12.2 Å². The van der Waals surface area contributed by atoms with E-state index in [2.05, 4.69) is 9.47 Å². The average molecular weight is 262 g/mol. The number of carbonyl (C=O) groups excluding carboxylic acids is 4. The van der Waals surface area contributed by atoms with Crippen molar-refractivity contribution in [3.05, 3.63) is 24.3 Å². The summed E-state index contributed by atoms with van der Waals surface area (Å²) in [5, 5.41) is 0. The second-order valence-corrected chi connectivity index (χ2v) is 4.81. The van der Waals surface area contributed by atoms with Crippen LogP contribution in [0.1, 0.15) is 6.42 Å². The minimum Gasteiger partial charge on any atom is -0.393 e. The first-order valence-corrected chi connectivity index (χ1v) is 5.94. The van der Waals surface area contributed by atoms with Crippen LogP contribution in [-0.2, 0) is 28.7 Å². The summed E-state index contributed by atoms with van der Waals surface area (Å²) in [5.41, 5.74) is 0. The van der Waals surface area contributed by atoms with Crippen LogP contribution in [0, 0.1) is 23.7 Å². The van der Waals surface area contributed by atoms with Gasteiger partial charge in [0.05, 0.1) is 11.8 Å². The monoisotopic (exact) mass is 262 g/mol. The Labute approximate surface area is 108 Å². The fourth-order valence-corrected chi connectivity index (χ4v) is 3.00. The van der Waals surface area contributed by atoms with Gasteiger partial charge in [0.25, 0.3) is 0 Å². The fraction of sp³-hybridized carbons (Fsp3) is 0.385. The fourth-order valence-electron chi connectivity index (χ4n) is 3.00. The Morgan fingerprint density at radius 1 is 0.789 bits per heavy atom. The van der Waals surface area contributed by atoms with E-state index in [0.29, 0.717) is 0 Å². The van der Waals surface area contributed by atoms with Crippen LogP contribution in [0.25, 0.3) is 0 Å². The second-order valence-electron chi connectivity index (χ2n) is 4.81. The van der Waals surface area contributed by atoms with E-state index in [0.717, 1.165) is 18.6 Å². The van der Waals surface area contributed by atoms with Crippen LogP contribution in [0.3, 0.4) is 0 Å². The summed E-state index contributed by atoms with van der Waals surface area (Å²) in [6.45, 7) is 0. The second kappa shape index (κ2) is 4.15. The van der Waals surface area contributed by atoms with Gasteiger partial charge in [0.1, 0.15) is 0 Å². The van der Waals surface area contributed by atoms with E-state index in [1.165, 1.54) is 0 Å².